The first-order chi connectivity index (χ1) is 16.6. The second kappa shape index (κ2) is 18.2. The Morgan fingerprint density at radius 1 is 0.686 bits per heavy atom. The number of carboxylic acid groups (broad SMARTS) is 2. The summed E-state index contributed by atoms with van der Waals surface area (Å²) in [5, 5.41) is 30.7. The lowest BCUT2D eigenvalue weighted by atomic mass is 9.64. The molecule has 0 saturated heterocycles. The number of esters is 2. The van der Waals surface area contributed by atoms with Gasteiger partial charge in [0, 0.05) is 0 Å². The van der Waals surface area contributed by atoms with Crippen LogP contribution in [0.2, 0.25) is 0 Å². The zero-order chi connectivity index (χ0) is 26.7. The van der Waals surface area contributed by atoms with Crippen molar-refractivity contribution in [2.24, 2.45) is 5.41 Å². The summed E-state index contributed by atoms with van der Waals surface area (Å²) >= 11 is 0. The van der Waals surface area contributed by atoms with E-state index in [1.807, 2.05) is 0 Å². The van der Waals surface area contributed by atoms with Gasteiger partial charge in [0.25, 0.3) is 0 Å². The van der Waals surface area contributed by atoms with E-state index in [1.165, 1.54) is 0 Å². The Labute approximate surface area is 209 Å². The number of aliphatic hydroxyl groups is 1. The highest BCUT2D eigenvalue weighted by molar-refractivity contribution is 5.93. The Hall–Kier alpha value is -2.16. The van der Waals surface area contributed by atoms with E-state index in [1.54, 1.807) is 6.92 Å². The lowest BCUT2D eigenvalue weighted by Gasteiger charge is -2.42. The quantitative estimate of drug-likeness (QED) is 0.139. The third-order valence-electron chi connectivity index (χ3n) is 6.48. The highest BCUT2D eigenvalue weighted by Crippen LogP contribution is 2.45. The molecule has 0 aromatic heterocycles. The molecule has 0 aromatic carbocycles. The summed E-state index contributed by atoms with van der Waals surface area (Å²) in [5.74, 6) is -5.20. The number of unbranched alkanes of at least 4 members (excludes halogenated alkanes) is 10. The van der Waals surface area contributed by atoms with Crippen LogP contribution in [0, 0.1) is 5.41 Å². The van der Waals surface area contributed by atoms with E-state index >= 15 is 0 Å². The van der Waals surface area contributed by atoms with Crippen molar-refractivity contribution in [3.05, 3.63) is 0 Å². The molecule has 9 nitrogen and oxygen atoms in total. The fourth-order valence-electron chi connectivity index (χ4n) is 4.46. The van der Waals surface area contributed by atoms with Gasteiger partial charge in [-0.1, -0.05) is 90.9 Å². The molecule has 0 heterocycles. The van der Waals surface area contributed by atoms with E-state index in [0.717, 1.165) is 51.4 Å². The average molecular weight is 503 g/mol. The molecule has 35 heavy (non-hydrogen) atoms. The van der Waals surface area contributed by atoms with Crippen LogP contribution in [0.1, 0.15) is 117 Å². The lowest BCUT2D eigenvalue weighted by molar-refractivity contribution is -0.200. The maximum Gasteiger partial charge on any atom is 0.344 e. The van der Waals surface area contributed by atoms with Gasteiger partial charge < -0.3 is 24.8 Å². The van der Waals surface area contributed by atoms with Crippen molar-refractivity contribution in [2.45, 2.75) is 123 Å². The molecule has 3 N–H and O–H groups in total. The van der Waals surface area contributed by atoms with Crippen molar-refractivity contribution in [1.29, 1.82) is 0 Å². The van der Waals surface area contributed by atoms with Crippen molar-refractivity contribution in [3.63, 3.8) is 0 Å². The average Bonchev–Trinajstić information content (AvgIpc) is 2.80. The van der Waals surface area contributed by atoms with Gasteiger partial charge in [-0.05, 0) is 19.8 Å². The minimum atomic E-state index is -2.88. The smallest absolute Gasteiger partial charge is 0.344 e. The van der Waals surface area contributed by atoms with Crippen molar-refractivity contribution in [3.8, 4) is 0 Å². The molecule has 0 radical (unpaired) electrons. The molecular formula is C26H46O9. The molecule has 1 atom stereocenters. The fraction of sp³-hybridized carbons (Fsp3) is 0.846. The predicted molar refractivity (Wildman–Crippen MR) is 131 cm³/mol. The first-order valence-corrected chi connectivity index (χ1v) is 13.1. The summed E-state index contributed by atoms with van der Waals surface area (Å²) in [4.78, 5) is 49.0. The highest BCUT2D eigenvalue weighted by Gasteiger charge is 2.61. The summed E-state index contributed by atoms with van der Waals surface area (Å²) < 4.78 is 9.95. The van der Waals surface area contributed by atoms with E-state index < -0.39 is 47.9 Å². The Kier molecular flexibility index (Phi) is 17.0. The van der Waals surface area contributed by atoms with Gasteiger partial charge in [-0.15, -0.1) is 0 Å². The second-order valence-corrected chi connectivity index (χ2v) is 9.23. The molecule has 204 valence electrons. The first kappa shape index (κ1) is 32.8. The molecule has 0 bridgehead atoms. The molecular weight excluding hydrogens is 456 g/mol. The lowest BCUT2D eigenvalue weighted by Crippen LogP contribution is -2.60. The summed E-state index contributed by atoms with van der Waals surface area (Å²) in [6.07, 6.45) is 8.96. The van der Waals surface area contributed by atoms with E-state index in [2.05, 4.69) is 13.8 Å². The summed E-state index contributed by atoms with van der Waals surface area (Å²) in [5.41, 5.74) is -4.88. The van der Waals surface area contributed by atoms with Crippen LogP contribution in [0.25, 0.3) is 0 Å². The summed E-state index contributed by atoms with van der Waals surface area (Å²) in [6, 6.07) is 0. The third kappa shape index (κ3) is 11.4. The third-order valence-corrected chi connectivity index (χ3v) is 6.48. The largest absolute Gasteiger partial charge is 0.481 e. The number of carbonyl (C=O) groups excluding carboxylic acids is 2. The normalized spacial score (nSPS) is 13.1. The van der Waals surface area contributed by atoms with Crippen LogP contribution < -0.4 is 0 Å². The van der Waals surface area contributed by atoms with Crippen molar-refractivity contribution < 1.29 is 44.0 Å². The van der Waals surface area contributed by atoms with Crippen LogP contribution in [0.5, 0.6) is 0 Å². The maximum atomic E-state index is 13.4. The Balaban J connectivity index is 5.98. The highest BCUT2D eigenvalue weighted by atomic mass is 16.6. The number of carboxylic acids is 2. The molecule has 0 aliphatic rings. The Morgan fingerprint density at radius 3 is 1.54 bits per heavy atom. The van der Waals surface area contributed by atoms with Crippen molar-refractivity contribution >= 4 is 23.9 Å². The van der Waals surface area contributed by atoms with Gasteiger partial charge in [0.2, 0.25) is 0 Å². The van der Waals surface area contributed by atoms with E-state index in [4.69, 9.17) is 9.47 Å². The molecule has 0 fully saturated rings. The van der Waals surface area contributed by atoms with E-state index in [0.29, 0.717) is 25.7 Å². The molecule has 0 spiro atoms. The minimum Gasteiger partial charge on any atom is -0.481 e. The van der Waals surface area contributed by atoms with Crippen LogP contribution in [0.3, 0.4) is 0 Å². The van der Waals surface area contributed by atoms with Crippen LogP contribution in [-0.4, -0.2) is 58.0 Å². The minimum absolute atomic E-state index is 0.0498. The Bertz CT molecular complexity index is 631. The van der Waals surface area contributed by atoms with Crippen LogP contribution >= 0.6 is 0 Å². The van der Waals surface area contributed by atoms with Crippen molar-refractivity contribution in [1.82, 2.24) is 0 Å². The van der Waals surface area contributed by atoms with Gasteiger partial charge in [-0.2, -0.15) is 0 Å². The van der Waals surface area contributed by atoms with Gasteiger partial charge in [0.1, 0.15) is 5.41 Å². The standard InChI is InChI=1S/C26H46O9/c1-4-7-9-11-13-15-17-25(18-16-14-12-10-8-5-2,24(32)35-20-22(29)34-6-3)26(33,23(30)31)19-21(27)28/h33H,4-20H2,1-3H3,(H,27,28)(H,30,31). The predicted octanol–water partition coefficient (Wildman–Crippen LogP) is 4.87. The zero-order valence-electron chi connectivity index (χ0n) is 21.8. The second-order valence-electron chi connectivity index (χ2n) is 9.23. The van der Waals surface area contributed by atoms with Crippen LogP contribution in [-0.2, 0) is 28.7 Å². The van der Waals surface area contributed by atoms with Gasteiger partial charge in [-0.25, -0.2) is 9.59 Å². The summed E-state index contributed by atoms with van der Waals surface area (Å²) in [6.45, 7) is 5.12. The number of ether oxygens (including phenoxy) is 2. The first-order valence-electron chi connectivity index (χ1n) is 13.1. The van der Waals surface area contributed by atoms with E-state index in [-0.39, 0.29) is 19.4 Å². The van der Waals surface area contributed by atoms with Gasteiger partial charge in [0.05, 0.1) is 13.0 Å². The number of hydrogen-bond acceptors (Lipinski definition) is 7. The molecule has 1 unspecified atom stereocenters. The number of aliphatic carboxylic acids is 2. The SMILES string of the molecule is CCCCCCCCC(CCCCCCCC)(C(=O)OCC(=O)OCC)C(O)(CC(=O)O)C(=O)O. The Morgan fingerprint density at radius 2 is 1.14 bits per heavy atom. The van der Waals surface area contributed by atoms with Gasteiger partial charge >= 0.3 is 23.9 Å². The molecule has 0 aliphatic heterocycles. The molecule has 9 heteroatoms. The van der Waals surface area contributed by atoms with Crippen LogP contribution in [0.15, 0.2) is 0 Å². The molecule has 0 saturated carbocycles. The molecule has 0 aliphatic carbocycles. The maximum absolute atomic E-state index is 13.4. The number of carbonyl (C=O) groups is 4. The van der Waals surface area contributed by atoms with Gasteiger partial charge in [-0.3, -0.25) is 9.59 Å². The van der Waals surface area contributed by atoms with E-state index in [9.17, 15) is 34.5 Å². The monoisotopic (exact) mass is 502 g/mol. The summed E-state index contributed by atoms with van der Waals surface area (Å²) in [7, 11) is 0. The van der Waals surface area contributed by atoms with Gasteiger partial charge in [0.15, 0.2) is 12.2 Å². The number of rotatable bonds is 22. The zero-order valence-corrected chi connectivity index (χ0v) is 21.8. The molecule has 0 rings (SSSR count). The number of hydrogen-bond donors (Lipinski definition) is 3. The van der Waals surface area contributed by atoms with Crippen molar-refractivity contribution in [2.75, 3.05) is 13.2 Å². The molecule has 0 amide bonds. The fourth-order valence-corrected chi connectivity index (χ4v) is 4.46. The topological polar surface area (TPSA) is 147 Å². The van der Waals surface area contributed by atoms with Crippen LogP contribution in [0.4, 0.5) is 0 Å². The molecule has 0 aromatic rings.